The maximum Gasteiger partial charge on any atom is 0.264 e. The van der Waals surface area contributed by atoms with Crippen LogP contribution in [0.25, 0.3) is 0 Å². The lowest BCUT2D eigenvalue weighted by Crippen LogP contribution is -2.14. The number of anilines is 1. The molecule has 0 atom stereocenters. The summed E-state index contributed by atoms with van der Waals surface area (Å²) in [4.78, 5) is 3.78. The molecule has 1 N–H and O–H groups in total. The minimum absolute atomic E-state index is 0.0525. The fraction of sp³-hybridized carbons (Fsp3) is 0. The molecule has 2 aromatic rings. The van der Waals surface area contributed by atoms with Gasteiger partial charge in [0.2, 0.25) is 0 Å². The van der Waals surface area contributed by atoms with E-state index in [9.17, 15) is 8.42 Å². The van der Waals surface area contributed by atoms with Gasteiger partial charge in [0.05, 0.1) is 0 Å². The SMILES string of the molecule is O=S(=O)(Nc1ccc(Cl)nn1)c1cccnc1. The molecule has 2 heterocycles. The van der Waals surface area contributed by atoms with Gasteiger partial charge < -0.3 is 0 Å². The maximum absolute atomic E-state index is 11.8. The molecule has 0 radical (unpaired) electrons. The van der Waals surface area contributed by atoms with Crippen molar-refractivity contribution in [2.75, 3.05) is 4.72 Å². The van der Waals surface area contributed by atoms with Crippen molar-refractivity contribution < 1.29 is 8.42 Å². The van der Waals surface area contributed by atoms with E-state index in [2.05, 4.69) is 19.9 Å². The lowest BCUT2D eigenvalue weighted by atomic mass is 10.5. The number of nitrogens with zero attached hydrogens (tertiary/aromatic N) is 3. The van der Waals surface area contributed by atoms with Crippen molar-refractivity contribution in [3.05, 3.63) is 41.8 Å². The van der Waals surface area contributed by atoms with Gasteiger partial charge in [0, 0.05) is 12.4 Å². The van der Waals surface area contributed by atoms with Crippen molar-refractivity contribution >= 4 is 27.4 Å². The molecule has 0 aliphatic rings. The van der Waals surface area contributed by atoms with E-state index in [4.69, 9.17) is 11.6 Å². The van der Waals surface area contributed by atoms with E-state index >= 15 is 0 Å². The summed E-state index contributed by atoms with van der Waals surface area (Å²) in [6.45, 7) is 0. The van der Waals surface area contributed by atoms with E-state index in [1.54, 1.807) is 0 Å². The van der Waals surface area contributed by atoms with Crippen LogP contribution in [0.1, 0.15) is 0 Å². The van der Waals surface area contributed by atoms with Crippen molar-refractivity contribution in [1.82, 2.24) is 15.2 Å². The van der Waals surface area contributed by atoms with Crippen LogP contribution in [0, 0.1) is 0 Å². The quantitative estimate of drug-likeness (QED) is 0.909. The third-order valence-electron chi connectivity index (χ3n) is 1.82. The monoisotopic (exact) mass is 270 g/mol. The molecule has 0 spiro atoms. The molecule has 0 fully saturated rings. The van der Waals surface area contributed by atoms with Gasteiger partial charge in [0.1, 0.15) is 4.90 Å². The van der Waals surface area contributed by atoms with Crippen LogP contribution in [0.5, 0.6) is 0 Å². The second-order valence-corrected chi connectivity index (χ2v) is 5.11. The molecule has 6 nitrogen and oxygen atoms in total. The van der Waals surface area contributed by atoms with Gasteiger partial charge in [0.25, 0.3) is 10.0 Å². The summed E-state index contributed by atoms with van der Waals surface area (Å²) >= 11 is 5.54. The van der Waals surface area contributed by atoms with Crippen molar-refractivity contribution in [1.29, 1.82) is 0 Å². The highest BCUT2D eigenvalue weighted by atomic mass is 35.5. The zero-order chi connectivity index (χ0) is 12.3. The zero-order valence-electron chi connectivity index (χ0n) is 8.41. The Morgan fingerprint density at radius 3 is 2.59 bits per heavy atom. The molecule has 0 amide bonds. The number of pyridine rings is 1. The Labute approximate surface area is 103 Å². The van der Waals surface area contributed by atoms with E-state index in [-0.39, 0.29) is 15.9 Å². The number of rotatable bonds is 3. The second-order valence-electron chi connectivity index (χ2n) is 3.04. The molecule has 0 bridgehead atoms. The highest BCUT2D eigenvalue weighted by molar-refractivity contribution is 7.92. The summed E-state index contributed by atoms with van der Waals surface area (Å²) in [6.07, 6.45) is 2.73. The Kier molecular flexibility index (Phi) is 3.21. The number of nitrogens with one attached hydrogen (secondary N) is 1. The third kappa shape index (κ3) is 2.89. The van der Waals surface area contributed by atoms with Gasteiger partial charge in [-0.05, 0) is 24.3 Å². The predicted octanol–water partition coefficient (Wildman–Crippen LogP) is 1.33. The molecular weight excluding hydrogens is 264 g/mol. The second kappa shape index (κ2) is 4.64. The average Bonchev–Trinajstić information content (AvgIpc) is 2.33. The largest absolute Gasteiger partial charge is 0.264 e. The Morgan fingerprint density at radius 2 is 2.00 bits per heavy atom. The molecule has 0 aromatic carbocycles. The molecule has 0 saturated heterocycles. The first kappa shape index (κ1) is 11.7. The van der Waals surface area contributed by atoms with E-state index in [0.717, 1.165) is 0 Å². The van der Waals surface area contributed by atoms with Gasteiger partial charge in [-0.3, -0.25) is 9.71 Å². The van der Waals surface area contributed by atoms with Crippen LogP contribution in [0.3, 0.4) is 0 Å². The Bertz CT molecular complexity index is 601. The average molecular weight is 271 g/mol. The van der Waals surface area contributed by atoms with Gasteiger partial charge in [0.15, 0.2) is 11.0 Å². The molecule has 88 valence electrons. The highest BCUT2D eigenvalue weighted by Gasteiger charge is 2.14. The normalized spacial score (nSPS) is 11.1. The zero-order valence-corrected chi connectivity index (χ0v) is 9.98. The number of hydrogen-bond acceptors (Lipinski definition) is 5. The summed E-state index contributed by atoms with van der Waals surface area (Å²) in [6, 6.07) is 5.82. The molecule has 2 aromatic heterocycles. The first-order chi connectivity index (χ1) is 8.08. The number of sulfonamides is 1. The van der Waals surface area contributed by atoms with Crippen LogP contribution in [-0.2, 0) is 10.0 Å². The molecular formula is C9H7ClN4O2S. The molecule has 0 aliphatic heterocycles. The number of hydrogen-bond donors (Lipinski definition) is 1. The summed E-state index contributed by atoms with van der Waals surface area (Å²) in [5.41, 5.74) is 0. The highest BCUT2D eigenvalue weighted by Crippen LogP contribution is 2.13. The van der Waals surface area contributed by atoms with E-state index < -0.39 is 10.0 Å². The van der Waals surface area contributed by atoms with Gasteiger partial charge in [-0.1, -0.05) is 11.6 Å². The lowest BCUT2D eigenvalue weighted by molar-refractivity contribution is 0.600. The maximum atomic E-state index is 11.8. The molecule has 0 saturated carbocycles. The Morgan fingerprint density at radius 1 is 1.18 bits per heavy atom. The van der Waals surface area contributed by atoms with Crippen molar-refractivity contribution in [3.63, 3.8) is 0 Å². The molecule has 8 heteroatoms. The summed E-state index contributed by atoms with van der Waals surface area (Å²) < 4.78 is 25.9. The Hall–Kier alpha value is -1.73. The van der Waals surface area contributed by atoms with Gasteiger partial charge in [-0.2, -0.15) is 0 Å². The molecule has 2 rings (SSSR count). The van der Waals surface area contributed by atoms with Crippen LogP contribution in [0.15, 0.2) is 41.6 Å². The van der Waals surface area contributed by atoms with Gasteiger partial charge in [-0.25, -0.2) is 8.42 Å². The summed E-state index contributed by atoms with van der Waals surface area (Å²) in [7, 11) is -3.68. The third-order valence-corrected chi connectivity index (χ3v) is 3.36. The van der Waals surface area contributed by atoms with Crippen molar-refractivity contribution in [2.45, 2.75) is 4.90 Å². The topological polar surface area (TPSA) is 84.8 Å². The number of aromatic nitrogens is 3. The van der Waals surface area contributed by atoms with E-state index in [0.29, 0.717) is 0 Å². The van der Waals surface area contributed by atoms with Gasteiger partial charge >= 0.3 is 0 Å². The van der Waals surface area contributed by atoms with Crippen LogP contribution in [-0.4, -0.2) is 23.6 Å². The van der Waals surface area contributed by atoms with Crippen LogP contribution < -0.4 is 4.72 Å². The lowest BCUT2D eigenvalue weighted by Gasteiger charge is -2.05. The first-order valence-electron chi connectivity index (χ1n) is 4.50. The molecule has 17 heavy (non-hydrogen) atoms. The van der Waals surface area contributed by atoms with Crippen molar-refractivity contribution in [3.8, 4) is 0 Å². The fourth-order valence-electron chi connectivity index (χ4n) is 1.07. The number of halogens is 1. The summed E-state index contributed by atoms with van der Waals surface area (Å²) in [5.74, 6) is 0.0956. The van der Waals surface area contributed by atoms with Crippen LogP contribution in [0.2, 0.25) is 5.15 Å². The Balaban J connectivity index is 2.27. The van der Waals surface area contributed by atoms with Crippen LogP contribution in [0.4, 0.5) is 5.82 Å². The summed E-state index contributed by atoms with van der Waals surface area (Å²) in [5, 5.41) is 7.32. The first-order valence-corrected chi connectivity index (χ1v) is 6.36. The van der Waals surface area contributed by atoms with E-state index in [1.165, 1.54) is 36.7 Å². The minimum atomic E-state index is -3.68. The van der Waals surface area contributed by atoms with Crippen LogP contribution >= 0.6 is 11.6 Å². The van der Waals surface area contributed by atoms with E-state index in [1.807, 2.05) is 0 Å². The molecule has 0 aliphatic carbocycles. The minimum Gasteiger partial charge on any atom is -0.263 e. The smallest absolute Gasteiger partial charge is 0.263 e. The fourth-order valence-corrected chi connectivity index (χ4v) is 2.13. The van der Waals surface area contributed by atoms with Crippen molar-refractivity contribution in [2.24, 2.45) is 0 Å². The predicted molar refractivity (Wildman–Crippen MR) is 62.1 cm³/mol. The standard InChI is InChI=1S/C9H7ClN4O2S/c10-8-3-4-9(13-12-8)14-17(15,16)7-2-1-5-11-6-7/h1-6H,(H,13,14). The van der Waals surface area contributed by atoms with Gasteiger partial charge in [-0.15, -0.1) is 10.2 Å². The molecule has 0 unspecified atom stereocenters.